The molecular weight excluding hydrogens is 642 g/mol. The number of hydrogen-bond donors (Lipinski definition) is 6. The molecule has 4 fully saturated rings. The second kappa shape index (κ2) is 16.8. The molecule has 2 saturated heterocycles. The molecule has 0 aromatic carbocycles. The first-order valence-electron chi connectivity index (χ1n) is 16.2. The quantitative estimate of drug-likeness (QED) is 0.161. The van der Waals surface area contributed by atoms with Gasteiger partial charge >= 0.3 is 5.97 Å². The molecule has 0 aromatic rings. The third kappa shape index (κ3) is 9.30. The fourth-order valence-electron chi connectivity index (χ4n) is 7.09. The lowest BCUT2D eigenvalue weighted by Crippen LogP contribution is -2.67. The minimum absolute atomic E-state index is 0.0230. The van der Waals surface area contributed by atoms with Crippen LogP contribution in [0.15, 0.2) is 0 Å². The van der Waals surface area contributed by atoms with Gasteiger partial charge in [0.1, 0.15) is 42.7 Å². The lowest BCUT2D eigenvalue weighted by Gasteiger charge is -2.48. The highest BCUT2D eigenvalue weighted by atomic mass is 19.3. The van der Waals surface area contributed by atoms with E-state index in [1.807, 2.05) is 0 Å². The van der Waals surface area contributed by atoms with Crippen LogP contribution in [-0.2, 0) is 33.3 Å². The van der Waals surface area contributed by atoms with Crippen molar-refractivity contribution in [1.82, 2.24) is 5.32 Å². The van der Waals surface area contributed by atoms with Crippen LogP contribution in [0.4, 0.5) is 17.6 Å². The predicted molar refractivity (Wildman–Crippen MR) is 151 cm³/mol. The number of alkyl halides is 4. The molecule has 47 heavy (non-hydrogen) atoms. The average molecular weight is 690 g/mol. The van der Waals surface area contributed by atoms with E-state index in [1.54, 1.807) is 0 Å². The lowest BCUT2D eigenvalue weighted by molar-refractivity contribution is -0.344. The number of carboxylic acids is 1. The van der Waals surface area contributed by atoms with Gasteiger partial charge in [0.15, 0.2) is 18.7 Å². The summed E-state index contributed by atoms with van der Waals surface area (Å²) in [6.07, 6.45) is -22.1. The summed E-state index contributed by atoms with van der Waals surface area (Å²) in [7, 11) is 0. The first kappa shape index (κ1) is 38.1. The van der Waals surface area contributed by atoms with Crippen LogP contribution in [0, 0.1) is 11.8 Å². The molecule has 0 bridgehead atoms. The van der Waals surface area contributed by atoms with Gasteiger partial charge in [0.25, 0.3) is 6.43 Å². The number of aliphatic carboxylic acids is 1. The van der Waals surface area contributed by atoms with Crippen molar-refractivity contribution in [2.75, 3.05) is 0 Å². The van der Waals surface area contributed by atoms with Crippen molar-refractivity contribution in [3.05, 3.63) is 0 Å². The highest BCUT2D eigenvalue weighted by Gasteiger charge is 2.54. The Kier molecular flexibility index (Phi) is 13.6. The van der Waals surface area contributed by atoms with Gasteiger partial charge in [-0.1, -0.05) is 38.5 Å². The zero-order valence-corrected chi connectivity index (χ0v) is 26.3. The molecule has 17 heteroatoms. The molecule has 0 aromatic heterocycles. The van der Waals surface area contributed by atoms with Gasteiger partial charge in [0, 0.05) is 12.8 Å². The molecule has 6 N–H and O–H groups in total. The van der Waals surface area contributed by atoms with E-state index in [-0.39, 0.29) is 31.6 Å². The van der Waals surface area contributed by atoms with E-state index in [9.17, 15) is 52.7 Å². The fourth-order valence-corrected chi connectivity index (χ4v) is 7.09. The first-order valence-corrected chi connectivity index (χ1v) is 16.2. The topological polar surface area (TPSA) is 193 Å². The summed E-state index contributed by atoms with van der Waals surface area (Å²) in [5, 5.41) is 54.2. The SMILES string of the molecule is CC(=O)NC1C(O[C@@H](CC2CCCCC2)C(=O)O)[C@@H](O)[C@H](C(F)F)O[C@H]1O[C@@H]1CCCC(C(F)F)C1OC1O[C@@H](C)C(O)[C@H](O)[C@@H]1O. The van der Waals surface area contributed by atoms with Crippen molar-refractivity contribution in [3.8, 4) is 0 Å². The molecule has 14 atom stereocenters. The highest BCUT2D eigenvalue weighted by Crippen LogP contribution is 2.39. The van der Waals surface area contributed by atoms with Gasteiger partial charge in [-0.15, -0.1) is 0 Å². The predicted octanol–water partition coefficient (Wildman–Crippen LogP) is 1.31. The van der Waals surface area contributed by atoms with Crippen LogP contribution >= 0.6 is 0 Å². The third-order valence-corrected chi connectivity index (χ3v) is 9.65. The zero-order valence-electron chi connectivity index (χ0n) is 26.3. The maximum atomic E-state index is 14.3. The van der Waals surface area contributed by atoms with E-state index >= 15 is 0 Å². The van der Waals surface area contributed by atoms with Crippen molar-refractivity contribution in [3.63, 3.8) is 0 Å². The number of amides is 1. The molecule has 2 heterocycles. The molecule has 2 aliphatic heterocycles. The molecule has 0 radical (unpaired) electrons. The average Bonchev–Trinajstić information content (AvgIpc) is 3.01. The number of nitrogens with one attached hydrogen (secondary N) is 1. The van der Waals surface area contributed by atoms with Crippen molar-refractivity contribution < 1.29 is 76.4 Å². The number of ether oxygens (including phenoxy) is 5. The molecule has 6 unspecified atom stereocenters. The Hall–Kier alpha value is -1.70. The van der Waals surface area contributed by atoms with Gasteiger partial charge in [-0.3, -0.25) is 4.79 Å². The molecule has 272 valence electrons. The Balaban J connectivity index is 1.62. The summed E-state index contributed by atoms with van der Waals surface area (Å²) in [5.74, 6) is -3.66. The molecule has 13 nitrogen and oxygen atoms in total. The zero-order chi connectivity index (χ0) is 34.6. The van der Waals surface area contributed by atoms with Crippen LogP contribution in [0.3, 0.4) is 0 Å². The molecular formula is C30H47F4NO12. The van der Waals surface area contributed by atoms with Crippen LogP contribution < -0.4 is 5.32 Å². The normalized spacial score (nSPS) is 41.1. The Morgan fingerprint density at radius 3 is 2.09 bits per heavy atom. The van der Waals surface area contributed by atoms with Crippen LogP contribution in [0.5, 0.6) is 0 Å². The molecule has 2 aliphatic carbocycles. The van der Waals surface area contributed by atoms with E-state index in [2.05, 4.69) is 5.32 Å². The summed E-state index contributed by atoms with van der Waals surface area (Å²) in [6, 6.07) is -1.56. The van der Waals surface area contributed by atoms with Gasteiger partial charge in [-0.2, -0.15) is 0 Å². The second-order valence-corrected chi connectivity index (χ2v) is 13.1. The number of aliphatic hydroxyl groups excluding tert-OH is 4. The standard InChI is InChI=1S/C30H47F4NO12/c1-12-19(37)20(38)21(39)30(43-12)46-23-15(26(31)32)9-6-10-16(23)45-29-18(35-13(2)36)24(22(40)25(47-29)27(33)34)44-17(28(41)42)11-14-7-4-3-5-8-14/h12,14-27,29-30,37-40H,3-11H2,1-2H3,(H,35,36)(H,41,42)/t12-,15?,16+,17-,18?,19?,20-,21-,22+,23?,24?,25+,29+,30?/m0/s1. The number of aliphatic hydroxyl groups is 4. The van der Waals surface area contributed by atoms with E-state index in [0.29, 0.717) is 0 Å². The van der Waals surface area contributed by atoms with Gasteiger partial charge in [0.05, 0.1) is 18.3 Å². The number of carbonyl (C=O) groups is 2. The number of carbonyl (C=O) groups excluding carboxylic acids is 1. The third-order valence-electron chi connectivity index (χ3n) is 9.65. The maximum absolute atomic E-state index is 14.3. The number of hydrogen-bond acceptors (Lipinski definition) is 11. The van der Waals surface area contributed by atoms with Crippen molar-refractivity contribution in [1.29, 1.82) is 0 Å². The fraction of sp³-hybridized carbons (Fsp3) is 0.933. The van der Waals surface area contributed by atoms with Crippen LogP contribution in [0.1, 0.15) is 71.6 Å². The summed E-state index contributed by atoms with van der Waals surface area (Å²) >= 11 is 0. The van der Waals surface area contributed by atoms with Gasteiger partial charge in [-0.25, -0.2) is 22.4 Å². The maximum Gasteiger partial charge on any atom is 0.332 e. The minimum atomic E-state index is -3.32. The second-order valence-electron chi connectivity index (χ2n) is 13.1. The number of halogens is 4. The smallest absolute Gasteiger partial charge is 0.332 e. The molecule has 1 amide bonds. The van der Waals surface area contributed by atoms with E-state index < -0.39 is 110 Å². The van der Waals surface area contributed by atoms with Crippen molar-refractivity contribution >= 4 is 11.9 Å². The Morgan fingerprint density at radius 1 is 0.809 bits per heavy atom. The number of carboxylic acid groups (broad SMARTS) is 1. The molecule has 0 spiro atoms. The Bertz CT molecular complexity index is 1030. The van der Waals surface area contributed by atoms with Crippen LogP contribution in [0.25, 0.3) is 0 Å². The first-order chi connectivity index (χ1) is 22.2. The largest absolute Gasteiger partial charge is 0.479 e. The van der Waals surface area contributed by atoms with Gasteiger partial charge < -0.3 is 54.5 Å². The molecule has 4 aliphatic rings. The molecule has 4 rings (SSSR count). The van der Waals surface area contributed by atoms with Gasteiger partial charge in [0.2, 0.25) is 12.3 Å². The monoisotopic (exact) mass is 689 g/mol. The molecule has 2 saturated carbocycles. The Morgan fingerprint density at radius 2 is 1.49 bits per heavy atom. The van der Waals surface area contributed by atoms with Gasteiger partial charge in [-0.05, 0) is 32.1 Å². The van der Waals surface area contributed by atoms with Crippen molar-refractivity contribution in [2.24, 2.45) is 11.8 Å². The number of rotatable bonds is 12. The van der Waals surface area contributed by atoms with Crippen LogP contribution in [-0.4, -0.2) is 130 Å². The summed E-state index contributed by atoms with van der Waals surface area (Å²) < 4.78 is 85.6. The summed E-state index contributed by atoms with van der Waals surface area (Å²) in [6.45, 7) is 2.45. The summed E-state index contributed by atoms with van der Waals surface area (Å²) in [5.41, 5.74) is 0. The minimum Gasteiger partial charge on any atom is -0.479 e. The Labute approximate surface area is 269 Å². The van der Waals surface area contributed by atoms with E-state index in [4.69, 9.17) is 23.7 Å². The van der Waals surface area contributed by atoms with Crippen molar-refractivity contribution in [2.45, 2.75) is 164 Å². The lowest BCUT2D eigenvalue weighted by atomic mass is 9.84. The van der Waals surface area contributed by atoms with Crippen LogP contribution in [0.2, 0.25) is 0 Å². The highest BCUT2D eigenvalue weighted by molar-refractivity contribution is 5.73. The van der Waals surface area contributed by atoms with E-state index in [1.165, 1.54) is 6.92 Å². The van der Waals surface area contributed by atoms with E-state index in [0.717, 1.165) is 39.0 Å². The summed E-state index contributed by atoms with van der Waals surface area (Å²) in [4.78, 5) is 24.6.